The van der Waals surface area contributed by atoms with Crippen LogP contribution in [0.5, 0.6) is 0 Å². The molecule has 1 aromatic rings. The van der Waals surface area contributed by atoms with Crippen LogP contribution in [-0.4, -0.2) is 23.9 Å². The molecule has 3 rings (SSSR count). The van der Waals surface area contributed by atoms with E-state index in [0.29, 0.717) is 28.4 Å². The summed E-state index contributed by atoms with van der Waals surface area (Å²) in [6.07, 6.45) is 3.45. The first kappa shape index (κ1) is 17.9. The Kier molecular flexibility index (Phi) is 5.65. The molecule has 3 nitrogen and oxygen atoms in total. The van der Waals surface area contributed by atoms with Crippen LogP contribution in [0, 0.1) is 17.8 Å². The Balaban J connectivity index is 0.00000176. The molecule has 122 valence electrons. The molecule has 0 heterocycles. The highest BCUT2D eigenvalue weighted by atomic mass is 35.5. The number of carbonyl (C=O) groups excluding carboxylic acids is 1. The zero-order chi connectivity index (χ0) is 15.1. The molecule has 2 aliphatic rings. The number of nitrogens with two attached hydrogens (primary N) is 1. The molecule has 2 bridgehead atoms. The van der Waals surface area contributed by atoms with Gasteiger partial charge in [0.25, 0.3) is 0 Å². The van der Waals surface area contributed by atoms with E-state index in [9.17, 15) is 4.79 Å². The Morgan fingerprint density at radius 2 is 1.82 bits per heavy atom. The summed E-state index contributed by atoms with van der Waals surface area (Å²) in [4.78, 5) is 14.5. The molecule has 22 heavy (non-hydrogen) atoms. The van der Waals surface area contributed by atoms with Gasteiger partial charge < -0.3 is 10.6 Å². The SMILES string of the molecule is CN(Cc1cc(Cl)cc(Cl)c1)C(=O)C1C2CCC(C2)C1N.Cl. The van der Waals surface area contributed by atoms with Gasteiger partial charge in [0.1, 0.15) is 0 Å². The van der Waals surface area contributed by atoms with Gasteiger partial charge >= 0.3 is 0 Å². The highest BCUT2D eigenvalue weighted by molar-refractivity contribution is 6.34. The standard InChI is InChI=1S/C16H20Cl2N2O.ClH/c1-20(8-9-4-12(17)7-13(18)5-9)16(21)14-10-2-3-11(6-10)15(14)19;/h4-5,7,10-11,14-15H,2-3,6,8,19H2,1H3;1H. The molecule has 0 aliphatic heterocycles. The summed E-state index contributed by atoms with van der Waals surface area (Å²) < 4.78 is 0. The quantitative estimate of drug-likeness (QED) is 0.889. The zero-order valence-corrected chi connectivity index (χ0v) is 14.8. The number of rotatable bonds is 3. The van der Waals surface area contributed by atoms with Crippen molar-refractivity contribution in [2.45, 2.75) is 31.8 Å². The summed E-state index contributed by atoms with van der Waals surface area (Å²) in [7, 11) is 1.83. The molecule has 4 atom stereocenters. The molecular weight excluding hydrogens is 343 g/mol. The van der Waals surface area contributed by atoms with Crippen molar-refractivity contribution in [3.05, 3.63) is 33.8 Å². The fourth-order valence-electron chi connectivity index (χ4n) is 4.01. The Morgan fingerprint density at radius 1 is 1.23 bits per heavy atom. The van der Waals surface area contributed by atoms with Crippen LogP contribution in [0.1, 0.15) is 24.8 Å². The van der Waals surface area contributed by atoms with Crippen molar-refractivity contribution in [1.82, 2.24) is 4.90 Å². The number of carbonyl (C=O) groups is 1. The lowest BCUT2D eigenvalue weighted by Crippen LogP contribution is -2.45. The third-order valence-corrected chi connectivity index (χ3v) is 5.42. The molecule has 6 heteroatoms. The van der Waals surface area contributed by atoms with E-state index in [1.807, 2.05) is 19.2 Å². The maximum atomic E-state index is 12.7. The summed E-state index contributed by atoms with van der Waals surface area (Å²) in [5.41, 5.74) is 7.20. The van der Waals surface area contributed by atoms with E-state index in [2.05, 4.69) is 0 Å². The molecule has 4 unspecified atom stereocenters. The first-order chi connectivity index (χ1) is 9.95. The smallest absolute Gasteiger partial charge is 0.227 e. The van der Waals surface area contributed by atoms with Gasteiger partial charge in [-0.3, -0.25) is 4.79 Å². The monoisotopic (exact) mass is 362 g/mol. The van der Waals surface area contributed by atoms with E-state index >= 15 is 0 Å². The van der Waals surface area contributed by atoms with E-state index < -0.39 is 0 Å². The number of halogens is 3. The third-order valence-electron chi connectivity index (χ3n) is 4.98. The second kappa shape index (κ2) is 6.96. The van der Waals surface area contributed by atoms with Gasteiger partial charge in [-0.2, -0.15) is 0 Å². The minimum atomic E-state index is -0.0107. The summed E-state index contributed by atoms with van der Waals surface area (Å²) in [6.45, 7) is 0.514. The van der Waals surface area contributed by atoms with E-state index in [1.165, 1.54) is 6.42 Å². The van der Waals surface area contributed by atoms with Crippen LogP contribution in [0.15, 0.2) is 18.2 Å². The van der Waals surface area contributed by atoms with Gasteiger partial charge in [0.2, 0.25) is 5.91 Å². The Labute approximate surface area is 147 Å². The topological polar surface area (TPSA) is 46.3 Å². The van der Waals surface area contributed by atoms with Gasteiger partial charge in [-0.25, -0.2) is 0 Å². The van der Waals surface area contributed by atoms with Crippen molar-refractivity contribution in [1.29, 1.82) is 0 Å². The van der Waals surface area contributed by atoms with Crippen LogP contribution in [-0.2, 0) is 11.3 Å². The molecule has 2 N–H and O–H groups in total. The molecule has 0 saturated heterocycles. The van der Waals surface area contributed by atoms with Gasteiger partial charge in [0.15, 0.2) is 0 Å². The minimum absolute atomic E-state index is 0. The number of hydrogen-bond acceptors (Lipinski definition) is 2. The highest BCUT2D eigenvalue weighted by Gasteiger charge is 2.49. The van der Waals surface area contributed by atoms with E-state index in [1.54, 1.807) is 11.0 Å². The number of amides is 1. The van der Waals surface area contributed by atoms with Crippen LogP contribution in [0.2, 0.25) is 10.0 Å². The fourth-order valence-corrected chi connectivity index (χ4v) is 4.58. The average molecular weight is 364 g/mol. The van der Waals surface area contributed by atoms with Crippen LogP contribution in [0.25, 0.3) is 0 Å². The predicted molar refractivity (Wildman–Crippen MR) is 92.5 cm³/mol. The van der Waals surface area contributed by atoms with Crippen molar-refractivity contribution in [3.8, 4) is 0 Å². The van der Waals surface area contributed by atoms with Crippen molar-refractivity contribution < 1.29 is 4.79 Å². The lowest BCUT2D eigenvalue weighted by atomic mass is 9.84. The molecular formula is C16H21Cl3N2O. The maximum absolute atomic E-state index is 12.7. The summed E-state index contributed by atoms with van der Waals surface area (Å²) in [6, 6.07) is 5.41. The molecule has 1 aromatic carbocycles. The molecule has 2 aliphatic carbocycles. The van der Waals surface area contributed by atoms with Crippen molar-refractivity contribution in [3.63, 3.8) is 0 Å². The first-order valence-corrected chi connectivity index (χ1v) is 8.17. The van der Waals surface area contributed by atoms with Gasteiger partial charge in [0, 0.05) is 29.7 Å². The van der Waals surface area contributed by atoms with E-state index in [-0.39, 0.29) is 30.3 Å². The first-order valence-electron chi connectivity index (χ1n) is 7.41. The number of benzene rings is 1. The molecule has 0 radical (unpaired) electrons. The summed E-state index contributed by atoms with van der Waals surface area (Å²) in [5, 5.41) is 1.19. The van der Waals surface area contributed by atoms with Crippen LogP contribution in [0.4, 0.5) is 0 Å². The van der Waals surface area contributed by atoms with Gasteiger partial charge in [-0.1, -0.05) is 23.2 Å². The Hall–Kier alpha value is -0.480. The van der Waals surface area contributed by atoms with Crippen LogP contribution < -0.4 is 5.73 Å². The Morgan fingerprint density at radius 3 is 2.36 bits per heavy atom. The normalized spacial score (nSPS) is 29.3. The van der Waals surface area contributed by atoms with Crippen molar-refractivity contribution in [2.75, 3.05) is 7.05 Å². The van der Waals surface area contributed by atoms with Gasteiger partial charge in [-0.05, 0) is 54.9 Å². The van der Waals surface area contributed by atoms with Gasteiger partial charge in [-0.15, -0.1) is 12.4 Å². The van der Waals surface area contributed by atoms with Gasteiger partial charge in [0.05, 0.1) is 5.92 Å². The molecule has 2 fully saturated rings. The summed E-state index contributed by atoms with van der Waals surface area (Å²) in [5.74, 6) is 1.16. The van der Waals surface area contributed by atoms with Crippen LogP contribution in [0.3, 0.4) is 0 Å². The lowest BCUT2D eigenvalue weighted by molar-refractivity contribution is -0.137. The van der Waals surface area contributed by atoms with E-state index in [0.717, 1.165) is 18.4 Å². The van der Waals surface area contributed by atoms with Crippen molar-refractivity contribution in [2.24, 2.45) is 23.5 Å². The number of fused-ring (bicyclic) bond motifs is 2. The molecule has 2 saturated carbocycles. The Bertz CT molecular complexity index is 544. The van der Waals surface area contributed by atoms with E-state index in [4.69, 9.17) is 28.9 Å². The number of hydrogen-bond donors (Lipinski definition) is 1. The maximum Gasteiger partial charge on any atom is 0.227 e. The van der Waals surface area contributed by atoms with Crippen LogP contribution >= 0.6 is 35.6 Å². The third kappa shape index (κ3) is 3.38. The zero-order valence-electron chi connectivity index (χ0n) is 12.5. The second-order valence-electron chi connectivity index (χ2n) is 6.41. The fraction of sp³-hybridized carbons (Fsp3) is 0.562. The molecule has 0 spiro atoms. The summed E-state index contributed by atoms with van der Waals surface area (Å²) >= 11 is 12.0. The highest BCUT2D eigenvalue weighted by Crippen LogP contribution is 2.48. The number of nitrogens with zero attached hydrogens (tertiary/aromatic N) is 1. The predicted octanol–water partition coefficient (Wildman–Crippen LogP) is 3.75. The second-order valence-corrected chi connectivity index (χ2v) is 7.28. The molecule has 1 amide bonds. The lowest BCUT2D eigenvalue weighted by Gasteiger charge is -2.31. The molecule has 0 aromatic heterocycles. The largest absolute Gasteiger partial charge is 0.341 e. The van der Waals surface area contributed by atoms with Crippen molar-refractivity contribution >= 4 is 41.5 Å². The average Bonchev–Trinajstić information content (AvgIpc) is 2.97. The minimum Gasteiger partial charge on any atom is -0.341 e.